The summed E-state index contributed by atoms with van der Waals surface area (Å²) >= 11 is 3.53. The molecule has 0 fully saturated rings. The minimum Gasteiger partial charge on any atom is -0.495 e. The van der Waals surface area contributed by atoms with Crippen molar-refractivity contribution in [2.45, 2.75) is 25.8 Å². The van der Waals surface area contributed by atoms with Gasteiger partial charge in [0, 0.05) is 22.3 Å². The SMILES string of the molecule is CCCNC(Cc1cccc(Br)c1)c1ccncc1OC. The normalized spacial score (nSPS) is 12.1. The highest BCUT2D eigenvalue weighted by Crippen LogP contribution is 2.27. The number of methoxy groups -OCH3 is 1. The van der Waals surface area contributed by atoms with Crippen LogP contribution in [-0.2, 0) is 6.42 Å². The molecule has 1 unspecified atom stereocenters. The first-order chi connectivity index (χ1) is 10.2. The Hall–Kier alpha value is -1.39. The smallest absolute Gasteiger partial charge is 0.141 e. The van der Waals surface area contributed by atoms with Gasteiger partial charge in [0.15, 0.2) is 0 Å². The topological polar surface area (TPSA) is 34.2 Å². The van der Waals surface area contributed by atoms with Gasteiger partial charge < -0.3 is 10.1 Å². The minimum absolute atomic E-state index is 0.220. The lowest BCUT2D eigenvalue weighted by Crippen LogP contribution is -2.24. The Kier molecular flexibility index (Phi) is 6.21. The summed E-state index contributed by atoms with van der Waals surface area (Å²) in [6, 6.07) is 10.7. The van der Waals surface area contributed by atoms with E-state index in [0.29, 0.717) is 0 Å². The van der Waals surface area contributed by atoms with Gasteiger partial charge in [0.1, 0.15) is 5.75 Å². The van der Waals surface area contributed by atoms with Gasteiger partial charge in [-0.1, -0.05) is 35.0 Å². The molecule has 3 nitrogen and oxygen atoms in total. The van der Waals surface area contributed by atoms with Crippen LogP contribution in [0.4, 0.5) is 0 Å². The first-order valence-corrected chi connectivity index (χ1v) is 7.99. The molecular formula is C17H21BrN2O. The van der Waals surface area contributed by atoms with Crippen molar-refractivity contribution < 1.29 is 4.74 Å². The van der Waals surface area contributed by atoms with Crippen LogP contribution in [0.3, 0.4) is 0 Å². The van der Waals surface area contributed by atoms with Crippen molar-refractivity contribution in [3.05, 3.63) is 58.3 Å². The van der Waals surface area contributed by atoms with E-state index in [9.17, 15) is 0 Å². The number of nitrogens with one attached hydrogen (secondary N) is 1. The highest BCUT2D eigenvalue weighted by molar-refractivity contribution is 9.10. The number of aromatic nitrogens is 1. The Morgan fingerprint density at radius 1 is 1.33 bits per heavy atom. The van der Waals surface area contributed by atoms with Gasteiger partial charge in [0.25, 0.3) is 0 Å². The largest absolute Gasteiger partial charge is 0.495 e. The molecule has 2 aromatic rings. The van der Waals surface area contributed by atoms with Crippen LogP contribution in [0.5, 0.6) is 5.75 Å². The van der Waals surface area contributed by atoms with Crippen molar-refractivity contribution in [3.63, 3.8) is 0 Å². The van der Waals surface area contributed by atoms with Crippen molar-refractivity contribution in [3.8, 4) is 5.75 Å². The van der Waals surface area contributed by atoms with Crippen molar-refractivity contribution in [1.29, 1.82) is 0 Å². The summed E-state index contributed by atoms with van der Waals surface area (Å²) in [5.41, 5.74) is 2.44. The fourth-order valence-electron chi connectivity index (χ4n) is 2.36. The summed E-state index contributed by atoms with van der Waals surface area (Å²) in [5, 5.41) is 3.61. The molecule has 2 rings (SSSR count). The van der Waals surface area contributed by atoms with Crippen molar-refractivity contribution >= 4 is 15.9 Å². The van der Waals surface area contributed by atoms with Crippen LogP contribution in [0.2, 0.25) is 0 Å². The van der Waals surface area contributed by atoms with E-state index in [1.165, 1.54) is 5.56 Å². The highest BCUT2D eigenvalue weighted by Gasteiger charge is 2.16. The van der Waals surface area contributed by atoms with E-state index in [2.05, 4.69) is 51.4 Å². The van der Waals surface area contributed by atoms with Gasteiger partial charge in [0.2, 0.25) is 0 Å². The van der Waals surface area contributed by atoms with E-state index < -0.39 is 0 Å². The van der Waals surface area contributed by atoms with Gasteiger partial charge >= 0.3 is 0 Å². The monoisotopic (exact) mass is 348 g/mol. The van der Waals surface area contributed by atoms with Gasteiger partial charge in [-0.2, -0.15) is 0 Å². The maximum absolute atomic E-state index is 5.46. The standard InChI is InChI=1S/C17H21BrN2O/c1-3-8-20-16(11-13-5-4-6-14(18)10-13)15-7-9-19-12-17(15)21-2/h4-7,9-10,12,16,20H,3,8,11H2,1-2H3. The molecule has 0 amide bonds. The lowest BCUT2D eigenvalue weighted by molar-refractivity contribution is 0.396. The Labute approximate surface area is 134 Å². The lowest BCUT2D eigenvalue weighted by Gasteiger charge is -2.21. The van der Waals surface area contributed by atoms with Gasteiger partial charge in [-0.15, -0.1) is 0 Å². The number of pyridine rings is 1. The molecule has 0 aliphatic carbocycles. The van der Waals surface area contributed by atoms with Gasteiger partial charge in [-0.05, 0) is 43.1 Å². The van der Waals surface area contributed by atoms with E-state index in [0.717, 1.165) is 35.2 Å². The van der Waals surface area contributed by atoms with Crippen LogP contribution in [0.15, 0.2) is 47.2 Å². The average molecular weight is 349 g/mol. The third-order valence-electron chi connectivity index (χ3n) is 3.38. The Morgan fingerprint density at radius 3 is 2.90 bits per heavy atom. The zero-order valence-corrected chi connectivity index (χ0v) is 14.1. The summed E-state index contributed by atoms with van der Waals surface area (Å²) in [4.78, 5) is 4.14. The van der Waals surface area contributed by atoms with Crippen molar-refractivity contribution in [1.82, 2.24) is 10.3 Å². The van der Waals surface area contributed by atoms with Crippen LogP contribution >= 0.6 is 15.9 Å². The van der Waals surface area contributed by atoms with Crippen LogP contribution in [-0.4, -0.2) is 18.6 Å². The third-order valence-corrected chi connectivity index (χ3v) is 3.87. The summed E-state index contributed by atoms with van der Waals surface area (Å²) in [6.07, 6.45) is 5.61. The number of rotatable bonds is 7. The minimum atomic E-state index is 0.220. The Bertz CT molecular complexity index is 574. The quantitative estimate of drug-likeness (QED) is 0.816. The third kappa shape index (κ3) is 4.55. The molecule has 21 heavy (non-hydrogen) atoms. The fraction of sp³-hybridized carbons (Fsp3) is 0.353. The predicted molar refractivity (Wildman–Crippen MR) is 89.7 cm³/mol. The van der Waals surface area contributed by atoms with Crippen LogP contribution in [0, 0.1) is 0 Å². The van der Waals surface area contributed by atoms with Crippen molar-refractivity contribution in [2.75, 3.05) is 13.7 Å². The fourth-order valence-corrected chi connectivity index (χ4v) is 2.81. The van der Waals surface area contributed by atoms with E-state index >= 15 is 0 Å². The number of hydrogen-bond donors (Lipinski definition) is 1. The molecule has 1 N–H and O–H groups in total. The number of ether oxygens (including phenoxy) is 1. The van der Waals surface area contributed by atoms with Crippen molar-refractivity contribution in [2.24, 2.45) is 0 Å². The van der Waals surface area contributed by atoms with E-state index in [1.54, 1.807) is 13.3 Å². The zero-order chi connectivity index (χ0) is 15.1. The summed E-state index contributed by atoms with van der Waals surface area (Å²) in [5.74, 6) is 0.834. The first-order valence-electron chi connectivity index (χ1n) is 7.20. The number of hydrogen-bond acceptors (Lipinski definition) is 3. The van der Waals surface area contributed by atoms with E-state index in [1.807, 2.05) is 18.3 Å². The molecule has 0 radical (unpaired) electrons. The molecule has 1 heterocycles. The molecule has 0 bridgehead atoms. The molecule has 1 aromatic heterocycles. The van der Waals surface area contributed by atoms with Gasteiger partial charge in [-0.3, -0.25) is 4.98 Å². The zero-order valence-electron chi connectivity index (χ0n) is 12.5. The highest BCUT2D eigenvalue weighted by atomic mass is 79.9. The van der Waals surface area contributed by atoms with Gasteiger partial charge in [0.05, 0.1) is 13.3 Å². The average Bonchev–Trinajstić information content (AvgIpc) is 2.51. The Balaban J connectivity index is 2.25. The molecule has 1 atom stereocenters. The summed E-state index contributed by atoms with van der Waals surface area (Å²) < 4.78 is 6.56. The van der Waals surface area contributed by atoms with Gasteiger partial charge in [-0.25, -0.2) is 0 Å². The van der Waals surface area contributed by atoms with Crippen LogP contribution in [0.25, 0.3) is 0 Å². The maximum Gasteiger partial charge on any atom is 0.141 e. The van der Waals surface area contributed by atoms with E-state index in [-0.39, 0.29) is 6.04 Å². The molecule has 0 saturated heterocycles. The molecule has 0 spiro atoms. The molecule has 0 aliphatic rings. The number of nitrogens with zero attached hydrogens (tertiary/aromatic N) is 1. The summed E-state index contributed by atoms with van der Waals surface area (Å²) in [7, 11) is 1.69. The predicted octanol–water partition coefficient (Wildman–Crippen LogP) is 4.14. The van der Waals surface area contributed by atoms with E-state index in [4.69, 9.17) is 4.74 Å². The lowest BCUT2D eigenvalue weighted by atomic mass is 9.99. The second-order valence-corrected chi connectivity index (χ2v) is 5.87. The number of benzene rings is 1. The summed E-state index contributed by atoms with van der Waals surface area (Å²) in [6.45, 7) is 3.15. The maximum atomic E-state index is 5.46. The number of halogens is 1. The Morgan fingerprint density at radius 2 is 2.19 bits per heavy atom. The molecule has 4 heteroatoms. The molecule has 112 valence electrons. The molecule has 0 aliphatic heterocycles. The first kappa shape index (κ1) is 16.0. The molecular weight excluding hydrogens is 328 g/mol. The molecule has 1 aromatic carbocycles. The van der Waals surface area contributed by atoms with Crippen LogP contribution < -0.4 is 10.1 Å². The van der Waals surface area contributed by atoms with Crippen LogP contribution in [0.1, 0.15) is 30.5 Å². The molecule has 0 saturated carbocycles. The second kappa shape index (κ2) is 8.15. The second-order valence-electron chi connectivity index (χ2n) is 4.96.